The molecule has 1 aliphatic heterocycles. The number of amides is 1. The third kappa shape index (κ3) is 5.12. The van der Waals surface area contributed by atoms with Crippen molar-refractivity contribution in [1.29, 1.82) is 0 Å². The molecule has 2 atom stereocenters. The molecule has 2 bridgehead atoms. The predicted molar refractivity (Wildman–Crippen MR) is 135 cm³/mol. The summed E-state index contributed by atoms with van der Waals surface area (Å²) in [5.41, 5.74) is 3.04. The van der Waals surface area contributed by atoms with E-state index in [-0.39, 0.29) is 16.7 Å². The lowest BCUT2D eigenvalue weighted by atomic mass is 9.65. The zero-order chi connectivity index (χ0) is 23.8. The van der Waals surface area contributed by atoms with Crippen LogP contribution >= 0.6 is 0 Å². The van der Waals surface area contributed by atoms with Gasteiger partial charge in [-0.1, -0.05) is 81.4 Å². The van der Waals surface area contributed by atoms with E-state index in [0.29, 0.717) is 18.3 Å². The second-order valence-corrected chi connectivity index (χ2v) is 11.5. The van der Waals surface area contributed by atoms with Crippen molar-refractivity contribution in [1.82, 2.24) is 9.80 Å². The fourth-order valence-corrected chi connectivity index (χ4v) is 6.49. The largest absolute Gasteiger partial charge is 0.455 e. The van der Waals surface area contributed by atoms with Gasteiger partial charge in [0.2, 0.25) is 0 Å². The fourth-order valence-electron chi connectivity index (χ4n) is 6.49. The maximum atomic E-state index is 13.4. The smallest absolute Gasteiger partial charge is 0.289 e. The van der Waals surface area contributed by atoms with Crippen LogP contribution in [0.15, 0.2) is 77.2 Å². The minimum Gasteiger partial charge on any atom is -0.455 e. The molecule has 3 aromatic rings. The molecule has 178 valence electrons. The Morgan fingerprint density at radius 1 is 0.882 bits per heavy atom. The van der Waals surface area contributed by atoms with Gasteiger partial charge in [-0.05, 0) is 53.4 Å². The summed E-state index contributed by atoms with van der Waals surface area (Å²) in [6.45, 7) is 10.2. The molecule has 4 nitrogen and oxygen atoms in total. The van der Waals surface area contributed by atoms with Crippen LogP contribution in [0.3, 0.4) is 0 Å². The van der Waals surface area contributed by atoms with Gasteiger partial charge in [-0.15, -0.1) is 0 Å². The summed E-state index contributed by atoms with van der Waals surface area (Å²) < 4.78 is 6.16. The summed E-state index contributed by atoms with van der Waals surface area (Å²) in [5, 5.41) is 0. The van der Waals surface area contributed by atoms with E-state index in [9.17, 15) is 4.79 Å². The van der Waals surface area contributed by atoms with Crippen LogP contribution in [-0.2, 0) is 19.6 Å². The summed E-state index contributed by atoms with van der Waals surface area (Å²) in [7, 11) is 0. The zero-order valence-electron chi connectivity index (χ0n) is 20.7. The molecule has 1 saturated heterocycles. The van der Waals surface area contributed by atoms with Gasteiger partial charge in [0.15, 0.2) is 5.76 Å². The number of hydrogen-bond acceptors (Lipinski definition) is 3. The molecule has 0 N–H and O–H groups in total. The predicted octanol–water partition coefficient (Wildman–Crippen LogP) is 6.52. The molecule has 1 aliphatic carbocycles. The highest BCUT2D eigenvalue weighted by molar-refractivity contribution is 5.92. The van der Waals surface area contributed by atoms with Gasteiger partial charge in [-0.2, -0.15) is 0 Å². The van der Waals surface area contributed by atoms with Gasteiger partial charge >= 0.3 is 0 Å². The lowest BCUT2D eigenvalue weighted by Crippen LogP contribution is -2.37. The average Bonchev–Trinajstić information content (AvgIpc) is 3.35. The van der Waals surface area contributed by atoms with Crippen molar-refractivity contribution in [2.45, 2.75) is 65.7 Å². The van der Waals surface area contributed by atoms with Crippen molar-refractivity contribution in [2.75, 3.05) is 6.54 Å². The molecule has 4 heteroatoms. The summed E-state index contributed by atoms with van der Waals surface area (Å²) in [6.07, 6.45) is 3.36. The summed E-state index contributed by atoms with van der Waals surface area (Å²) >= 11 is 0. The first-order valence-corrected chi connectivity index (χ1v) is 12.5. The molecule has 0 spiro atoms. The highest BCUT2D eigenvalue weighted by Crippen LogP contribution is 2.52. The minimum absolute atomic E-state index is 0.0512. The average molecular weight is 457 g/mol. The van der Waals surface area contributed by atoms with E-state index in [1.807, 2.05) is 24.3 Å². The van der Waals surface area contributed by atoms with E-state index in [4.69, 9.17) is 4.42 Å². The van der Waals surface area contributed by atoms with Crippen molar-refractivity contribution in [2.24, 2.45) is 10.8 Å². The number of carbonyl (C=O) groups excluding carboxylic acids is 1. The first kappa shape index (κ1) is 22.9. The minimum atomic E-state index is 0.0512. The first-order chi connectivity index (χ1) is 16.3. The Hall–Kier alpha value is -2.85. The quantitative estimate of drug-likeness (QED) is 0.406. The summed E-state index contributed by atoms with van der Waals surface area (Å²) in [4.78, 5) is 17.9. The Morgan fingerprint density at radius 3 is 2.12 bits per heavy atom. The van der Waals surface area contributed by atoms with Gasteiger partial charge in [0.25, 0.3) is 5.91 Å². The molecule has 2 aromatic carbocycles. The van der Waals surface area contributed by atoms with Gasteiger partial charge < -0.3 is 9.32 Å². The van der Waals surface area contributed by atoms with E-state index in [0.717, 1.165) is 38.2 Å². The van der Waals surface area contributed by atoms with Crippen molar-refractivity contribution in [3.05, 3.63) is 95.4 Å². The van der Waals surface area contributed by atoms with Crippen LogP contribution in [-0.4, -0.2) is 28.3 Å². The van der Waals surface area contributed by atoms with E-state index in [1.165, 1.54) is 17.5 Å². The van der Waals surface area contributed by atoms with Crippen LogP contribution in [0.4, 0.5) is 0 Å². The molecule has 34 heavy (non-hydrogen) atoms. The second kappa shape index (κ2) is 9.07. The molecule has 0 radical (unpaired) electrons. The third-order valence-corrected chi connectivity index (χ3v) is 7.43. The van der Waals surface area contributed by atoms with E-state index in [1.54, 1.807) is 0 Å². The third-order valence-electron chi connectivity index (χ3n) is 7.43. The number of carbonyl (C=O) groups is 1. The summed E-state index contributed by atoms with van der Waals surface area (Å²) in [5.74, 6) is 1.36. The van der Waals surface area contributed by atoms with Crippen molar-refractivity contribution in [3.63, 3.8) is 0 Å². The number of likely N-dealkylation sites (tertiary alicyclic amines) is 1. The van der Waals surface area contributed by atoms with Crippen LogP contribution < -0.4 is 0 Å². The molecule has 2 aliphatic rings. The van der Waals surface area contributed by atoms with Crippen molar-refractivity contribution < 1.29 is 9.21 Å². The maximum Gasteiger partial charge on any atom is 0.289 e. The van der Waals surface area contributed by atoms with Gasteiger partial charge in [-0.25, -0.2) is 0 Å². The fraction of sp³-hybridized carbons (Fsp3) is 0.433. The Balaban J connectivity index is 1.31. The highest BCUT2D eigenvalue weighted by Gasteiger charge is 2.51. The van der Waals surface area contributed by atoms with Gasteiger partial charge in [0.05, 0.1) is 6.54 Å². The Morgan fingerprint density at radius 2 is 1.50 bits per heavy atom. The molecule has 2 unspecified atom stereocenters. The molecule has 5 rings (SSSR count). The lowest BCUT2D eigenvalue weighted by molar-refractivity contribution is 0.0672. The monoisotopic (exact) mass is 456 g/mol. The SMILES string of the molecule is CC1(C)CC2CC(C)(CN2C(=O)c2ccc(CN(Cc3ccccc3)Cc3ccccc3)o2)C1. The topological polar surface area (TPSA) is 36.7 Å². The molecule has 1 saturated carbocycles. The number of benzene rings is 2. The van der Waals surface area contributed by atoms with Crippen LogP contribution in [0.2, 0.25) is 0 Å². The normalized spacial score (nSPS) is 23.4. The van der Waals surface area contributed by atoms with Gasteiger partial charge in [-0.3, -0.25) is 9.69 Å². The standard InChI is InChI=1S/C30H36N2O2/c1-29(2)16-25-17-30(3,21-29)22-32(25)28(33)27-15-14-26(34-27)20-31(18-23-10-6-4-7-11-23)19-24-12-8-5-9-13-24/h4-15,25H,16-22H2,1-3H3. The summed E-state index contributed by atoms with van der Waals surface area (Å²) in [6, 6.07) is 25.2. The van der Waals surface area contributed by atoms with E-state index in [2.05, 4.69) is 79.1 Å². The number of hydrogen-bond donors (Lipinski definition) is 0. The van der Waals surface area contributed by atoms with Gasteiger partial charge in [0, 0.05) is 25.7 Å². The first-order valence-electron chi connectivity index (χ1n) is 12.5. The highest BCUT2D eigenvalue weighted by atomic mass is 16.4. The maximum absolute atomic E-state index is 13.4. The molecule has 2 fully saturated rings. The number of nitrogens with zero attached hydrogens (tertiary/aromatic N) is 2. The Kier molecular flexibility index (Phi) is 6.11. The number of furan rings is 1. The van der Waals surface area contributed by atoms with Gasteiger partial charge in [0.1, 0.15) is 5.76 Å². The van der Waals surface area contributed by atoms with Crippen LogP contribution in [0, 0.1) is 10.8 Å². The van der Waals surface area contributed by atoms with Crippen LogP contribution in [0.1, 0.15) is 67.5 Å². The van der Waals surface area contributed by atoms with Crippen molar-refractivity contribution >= 4 is 5.91 Å². The van der Waals surface area contributed by atoms with Crippen LogP contribution in [0.5, 0.6) is 0 Å². The van der Waals surface area contributed by atoms with Crippen LogP contribution in [0.25, 0.3) is 0 Å². The Labute approximate surface area is 203 Å². The molecule has 1 aromatic heterocycles. The molecule has 2 heterocycles. The number of rotatable bonds is 7. The number of fused-ring (bicyclic) bond motifs is 2. The zero-order valence-corrected chi connectivity index (χ0v) is 20.7. The second-order valence-electron chi connectivity index (χ2n) is 11.5. The van der Waals surface area contributed by atoms with E-state index >= 15 is 0 Å². The lowest BCUT2D eigenvalue weighted by Gasteiger charge is -2.39. The Bertz CT molecular complexity index is 1080. The molecular weight excluding hydrogens is 420 g/mol. The van der Waals surface area contributed by atoms with E-state index < -0.39 is 0 Å². The molecule has 1 amide bonds. The van der Waals surface area contributed by atoms with Crippen molar-refractivity contribution in [3.8, 4) is 0 Å². The molecular formula is C30H36N2O2.